The van der Waals surface area contributed by atoms with Gasteiger partial charge in [0.1, 0.15) is 6.61 Å². The molecule has 4 nitrogen and oxygen atoms in total. The summed E-state index contributed by atoms with van der Waals surface area (Å²) in [6.07, 6.45) is 1.56. The molecule has 0 aliphatic heterocycles. The minimum Gasteiger partial charge on any atom is -0.486 e. The highest BCUT2D eigenvalue weighted by atomic mass is 35.5. The molecule has 0 atom stereocenters. The van der Waals surface area contributed by atoms with Crippen molar-refractivity contribution in [2.45, 2.75) is 13.5 Å². The molecule has 138 valence electrons. The van der Waals surface area contributed by atoms with E-state index in [2.05, 4.69) is 15.8 Å². The lowest BCUT2D eigenvalue weighted by molar-refractivity contribution is 0.306. The fourth-order valence-corrected chi connectivity index (χ4v) is 3.07. The van der Waals surface area contributed by atoms with Crippen LogP contribution in [0.1, 0.15) is 18.1 Å². The molecule has 0 saturated carbocycles. The van der Waals surface area contributed by atoms with Gasteiger partial charge in [-0.15, -0.1) is 0 Å². The maximum atomic E-state index is 6.27. The maximum Gasteiger partial charge on any atom is 0.186 e. The second-order valence-electron chi connectivity index (χ2n) is 5.08. The van der Waals surface area contributed by atoms with E-state index in [0.29, 0.717) is 43.1 Å². The first-order chi connectivity index (χ1) is 12.4. The molecule has 0 saturated heterocycles. The van der Waals surface area contributed by atoms with Gasteiger partial charge in [-0.05, 0) is 54.5 Å². The van der Waals surface area contributed by atoms with Crippen molar-refractivity contribution in [1.29, 1.82) is 0 Å². The highest BCUT2D eigenvalue weighted by Gasteiger charge is 2.10. The summed E-state index contributed by atoms with van der Waals surface area (Å²) in [5.74, 6) is 0.382. The molecule has 2 aromatic carbocycles. The molecule has 0 radical (unpaired) electrons. The fraction of sp³-hybridized carbons (Fsp3) is 0.176. The van der Waals surface area contributed by atoms with Gasteiger partial charge in [-0.1, -0.05) is 52.5 Å². The van der Waals surface area contributed by atoms with Crippen LogP contribution in [0.4, 0.5) is 0 Å². The summed E-state index contributed by atoms with van der Waals surface area (Å²) in [4.78, 5) is 0. The van der Waals surface area contributed by atoms with E-state index in [9.17, 15) is 0 Å². The van der Waals surface area contributed by atoms with Crippen molar-refractivity contribution < 1.29 is 4.74 Å². The lowest BCUT2D eigenvalue weighted by atomic mass is 10.2. The highest BCUT2D eigenvalue weighted by molar-refractivity contribution is 7.80. The minimum atomic E-state index is 0.252. The third-order valence-corrected chi connectivity index (χ3v) is 4.64. The first-order valence-corrected chi connectivity index (χ1v) is 9.45. The van der Waals surface area contributed by atoms with E-state index in [1.807, 2.05) is 13.0 Å². The number of nitrogens with one attached hydrogen (secondary N) is 2. The third-order valence-electron chi connectivity index (χ3n) is 3.10. The van der Waals surface area contributed by atoms with E-state index in [1.54, 1.807) is 30.5 Å². The molecule has 0 aliphatic rings. The van der Waals surface area contributed by atoms with E-state index < -0.39 is 0 Å². The Morgan fingerprint density at radius 1 is 1.08 bits per heavy atom. The number of hydrazone groups is 1. The van der Waals surface area contributed by atoms with Crippen LogP contribution in [0.15, 0.2) is 35.4 Å². The van der Waals surface area contributed by atoms with Gasteiger partial charge >= 0.3 is 0 Å². The summed E-state index contributed by atoms with van der Waals surface area (Å²) in [6.45, 7) is 2.90. The zero-order valence-electron chi connectivity index (χ0n) is 13.7. The van der Waals surface area contributed by atoms with Crippen molar-refractivity contribution in [2.75, 3.05) is 6.54 Å². The molecule has 26 heavy (non-hydrogen) atoms. The average Bonchev–Trinajstić information content (AvgIpc) is 2.57. The number of nitrogens with zero attached hydrogens (tertiary/aromatic N) is 1. The van der Waals surface area contributed by atoms with Crippen molar-refractivity contribution in [3.05, 3.63) is 61.5 Å². The first-order valence-electron chi connectivity index (χ1n) is 7.53. The molecule has 0 unspecified atom stereocenters. The smallest absolute Gasteiger partial charge is 0.186 e. The van der Waals surface area contributed by atoms with Gasteiger partial charge < -0.3 is 10.1 Å². The summed E-state index contributed by atoms with van der Waals surface area (Å²) >= 11 is 29.5. The Morgan fingerprint density at radius 2 is 1.77 bits per heavy atom. The molecule has 2 aromatic rings. The van der Waals surface area contributed by atoms with Crippen molar-refractivity contribution >= 4 is 69.9 Å². The van der Waals surface area contributed by atoms with Gasteiger partial charge in [-0.3, -0.25) is 5.43 Å². The van der Waals surface area contributed by atoms with Gasteiger partial charge in [-0.2, -0.15) is 5.10 Å². The van der Waals surface area contributed by atoms with Gasteiger partial charge in [0.05, 0.1) is 26.3 Å². The van der Waals surface area contributed by atoms with E-state index in [4.69, 9.17) is 63.4 Å². The van der Waals surface area contributed by atoms with E-state index >= 15 is 0 Å². The van der Waals surface area contributed by atoms with Gasteiger partial charge in [-0.25, -0.2) is 0 Å². The topological polar surface area (TPSA) is 45.7 Å². The van der Waals surface area contributed by atoms with Crippen molar-refractivity contribution in [3.8, 4) is 5.75 Å². The normalized spacial score (nSPS) is 10.8. The molecule has 0 bridgehead atoms. The first kappa shape index (κ1) is 21.1. The van der Waals surface area contributed by atoms with Crippen molar-refractivity contribution in [1.82, 2.24) is 10.7 Å². The standard InChI is InChI=1S/C17H15Cl4N3OS/c1-2-22-17(26)24-23-8-11-6-14(20)16(15(21)7-11)25-9-10-3-4-12(18)13(19)5-10/h3-8H,2,9H2,1H3,(H2,22,24,26)/b23-8-. The van der Waals surface area contributed by atoms with Crippen LogP contribution in [-0.2, 0) is 6.61 Å². The maximum absolute atomic E-state index is 6.27. The molecular weight excluding hydrogens is 436 g/mol. The quantitative estimate of drug-likeness (QED) is 0.336. The predicted molar refractivity (Wildman–Crippen MR) is 114 cm³/mol. The average molecular weight is 451 g/mol. The molecule has 2 rings (SSSR count). The molecule has 9 heteroatoms. The third kappa shape index (κ3) is 6.18. The molecule has 0 heterocycles. The Morgan fingerprint density at radius 3 is 2.38 bits per heavy atom. The molecule has 0 spiro atoms. The number of halogens is 4. The Hall–Kier alpha value is -1.24. The van der Waals surface area contributed by atoms with Crippen LogP contribution < -0.4 is 15.5 Å². The number of rotatable bonds is 6. The highest BCUT2D eigenvalue weighted by Crippen LogP contribution is 2.34. The number of hydrogen-bond acceptors (Lipinski definition) is 3. The van der Waals surface area contributed by atoms with Gasteiger partial charge in [0.2, 0.25) is 0 Å². The Bertz CT molecular complexity index is 807. The summed E-state index contributed by atoms with van der Waals surface area (Å²) in [6, 6.07) is 8.63. The van der Waals surface area contributed by atoms with Crippen LogP contribution in [0.25, 0.3) is 0 Å². The van der Waals surface area contributed by atoms with Crippen LogP contribution in [0.5, 0.6) is 5.75 Å². The largest absolute Gasteiger partial charge is 0.486 e. The predicted octanol–water partition coefficient (Wildman–Crippen LogP) is 5.70. The Labute approximate surface area is 177 Å². The lowest BCUT2D eigenvalue weighted by Gasteiger charge is -2.11. The summed E-state index contributed by atoms with van der Waals surface area (Å²) in [7, 11) is 0. The van der Waals surface area contributed by atoms with E-state index in [-0.39, 0.29) is 6.61 Å². The van der Waals surface area contributed by atoms with Gasteiger partial charge in [0, 0.05) is 6.54 Å². The van der Waals surface area contributed by atoms with Gasteiger partial charge in [0.15, 0.2) is 10.9 Å². The minimum absolute atomic E-state index is 0.252. The zero-order valence-corrected chi connectivity index (χ0v) is 17.5. The molecule has 0 aliphatic carbocycles. The molecular formula is C17H15Cl4N3OS. The Balaban J connectivity index is 2.05. The van der Waals surface area contributed by atoms with Crippen LogP contribution in [-0.4, -0.2) is 17.9 Å². The van der Waals surface area contributed by atoms with Crippen LogP contribution in [0, 0.1) is 0 Å². The molecule has 0 fully saturated rings. The number of hydrogen-bond donors (Lipinski definition) is 2. The van der Waals surface area contributed by atoms with Crippen LogP contribution in [0.2, 0.25) is 20.1 Å². The van der Waals surface area contributed by atoms with Crippen molar-refractivity contribution in [2.24, 2.45) is 5.10 Å². The lowest BCUT2D eigenvalue weighted by Crippen LogP contribution is -2.31. The number of thiocarbonyl (C=S) groups is 1. The fourth-order valence-electron chi connectivity index (χ4n) is 1.94. The van der Waals surface area contributed by atoms with Crippen LogP contribution in [0.3, 0.4) is 0 Å². The summed E-state index contributed by atoms with van der Waals surface area (Å²) in [5, 5.41) is 9.05. The van der Waals surface area contributed by atoms with Crippen molar-refractivity contribution in [3.63, 3.8) is 0 Å². The van der Waals surface area contributed by atoms with Crippen LogP contribution >= 0.6 is 58.6 Å². The summed E-state index contributed by atoms with van der Waals surface area (Å²) in [5.41, 5.74) is 4.24. The second-order valence-corrected chi connectivity index (χ2v) is 7.12. The molecule has 2 N–H and O–H groups in total. The van der Waals surface area contributed by atoms with E-state index in [1.165, 1.54) is 0 Å². The SMILES string of the molecule is CCNC(=S)N/N=C\c1cc(Cl)c(OCc2ccc(Cl)c(Cl)c2)c(Cl)c1. The molecule has 0 aromatic heterocycles. The Kier molecular flexibility index (Phi) is 8.25. The second kappa shape index (κ2) is 10.2. The zero-order chi connectivity index (χ0) is 19.1. The molecule has 0 amide bonds. The number of ether oxygens (including phenoxy) is 1. The monoisotopic (exact) mass is 449 g/mol. The van der Waals surface area contributed by atoms with Gasteiger partial charge in [0.25, 0.3) is 0 Å². The number of benzene rings is 2. The van der Waals surface area contributed by atoms with E-state index in [0.717, 1.165) is 5.56 Å². The summed E-state index contributed by atoms with van der Waals surface area (Å²) < 4.78 is 5.72.